The summed E-state index contributed by atoms with van der Waals surface area (Å²) in [7, 11) is 1.87. The molecule has 1 aromatic rings. The molecule has 0 atom stereocenters. The number of hydrogen-bond acceptors (Lipinski definition) is 4. The summed E-state index contributed by atoms with van der Waals surface area (Å²) in [5.41, 5.74) is 0.896. The molecule has 0 amide bonds. The van der Waals surface area contributed by atoms with Crippen LogP contribution in [0, 0.1) is 0 Å². The van der Waals surface area contributed by atoms with E-state index in [1.807, 2.05) is 33.2 Å². The summed E-state index contributed by atoms with van der Waals surface area (Å²) in [6.07, 6.45) is 0. The van der Waals surface area contributed by atoms with Gasteiger partial charge in [-0.3, -0.25) is 0 Å². The standard InChI is InChI=1S/C9H16N2OS/c1-9(2,3)12-5-7-6-13-8(10-4)11-7/h6H,5H2,1-4H3,(H,10,11). The van der Waals surface area contributed by atoms with Gasteiger partial charge in [0.1, 0.15) is 0 Å². The summed E-state index contributed by atoms with van der Waals surface area (Å²) in [5.74, 6) is 0. The Hall–Kier alpha value is -0.610. The highest BCUT2D eigenvalue weighted by atomic mass is 32.1. The van der Waals surface area contributed by atoms with Gasteiger partial charge in [0, 0.05) is 12.4 Å². The van der Waals surface area contributed by atoms with Crippen LogP contribution in [0.2, 0.25) is 0 Å². The highest BCUT2D eigenvalue weighted by Gasteiger charge is 2.11. The third kappa shape index (κ3) is 3.74. The number of hydrogen-bond donors (Lipinski definition) is 1. The van der Waals surface area contributed by atoms with E-state index in [1.165, 1.54) is 0 Å². The zero-order valence-electron chi connectivity index (χ0n) is 8.55. The van der Waals surface area contributed by atoms with Crippen LogP contribution in [-0.2, 0) is 11.3 Å². The van der Waals surface area contributed by atoms with Crippen molar-refractivity contribution in [1.29, 1.82) is 0 Å². The lowest BCUT2D eigenvalue weighted by Crippen LogP contribution is -2.18. The van der Waals surface area contributed by atoms with Gasteiger partial charge in [-0.25, -0.2) is 4.98 Å². The van der Waals surface area contributed by atoms with Crippen molar-refractivity contribution in [1.82, 2.24) is 4.98 Å². The van der Waals surface area contributed by atoms with E-state index in [2.05, 4.69) is 10.3 Å². The number of anilines is 1. The van der Waals surface area contributed by atoms with Gasteiger partial charge >= 0.3 is 0 Å². The Morgan fingerprint density at radius 2 is 2.23 bits per heavy atom. The van der Waals surface area contributed by atoms with E-state index in [0.29, 0.717) is 6.61 Å². The number of nitrogens with zero attached hydrogens (tertiary/aromatic N) is 1. The summed E-state index contributed by atoms with van der Waals surface area (Å²) >= 11 is 1.60. The average Bonchev–Trinajstić information content (AvgIpc) is 2.47. The first-order valence-corrected chi connectivity index (χ1v) is 5.15. The normalized spacial score (nSPS) is 11.7. The number of thiazole rings is 1. The van der Waals surface area contributed by atoms with Gasteiger partial charge in [0.15, 0.2) is 5.13 Å². The minimum Gasteiger partial charge on any atom is -0.370 e. The molecule has 0 aliphatic heterocycles. The second kappa shape index (κ2) is 4.07. The number of nitrogens with one attached hydrogen (secondary N) is 1. The molecule has 0 unspecified atom stereocenters. The van der Waals surface area contributed by atoms with Crippen LogP contribution in [0.5, 0.6) is 0 Å². The third-order valence-corrected chi connectivity index (χ3v) is 2.33. The smallest absolute Gasteiger partial charge is 0.182 e. The highest BCUT2D eigenvalue weighted by molar-refractivity contribution is 7.13. The fourth-order valence-electron chi connectivity index (χ4n) is 0.779. The van der Waals surface area contributed by atoms with Crippen molar-refractivity contribution in [2.24, 2.45) is 0 Å². The first-order valence-electron chi connectivity index (χ1n) is 4.27. The van der Waals surface area contributed by atoms with Crippen LogP contribution in [0.1, 0.15) is 26.5 Å². The second-order valence-corrected chi connectivity index (χ2v) is 4.65. The molecule has 4 heteroatoms. The van der Waals surface area contributed by atoms with Gasteiger partial charge in [-0.2, -0.15) is 0 Å². The monoisotopic (exact) mass is 200 g/mol. The lowest BCUT2D eigenvalue weighted by molar-refractivity contribution is -0.0162. The Morgan fingerprint density at radius 1 is 1.54 bits per heavy atom. The molecule has 1 rings (SSSR count). The molecule has 0 aliphatic rings. The SMILES string of the molecule is CNc1nc(COC(C)(C)C)cs1. The van der Waals surface area contributed by atoms with Gasteiger partial charge < -0.3 is 10.1 Å². The van der Waals surface area contributed by atoms with Crippen molar-refractivity contribution in [3.63, 3.8) is 0 Å². The Balaban J connectivity index is 2.46. The van der Waals surface area contributed by atoms with Crippen LogP contribution in [-0.4, -0.2) is 17.6 Å². The molecule has 0 bridgehead atoms. The Bertz CT molecular complexity index is 265. The first kappa shape index (κ1) is 10.5. The summed E-state index contributed by atoms with van der Waals surface area (Å²) < 4.78 is 5.59. The van der Waals surface area contributed by atoms with Gasteiger partial charge in [0.25, 0.3) is 0 Å². The molecule has 0 aromatic carbocycles. The number of ether oxygens (including phenoxy) is 1. The van der Waals surface area contributed by atoms with E-state index < -0.39 is 0 Å². The molecule has 0 aliphatic carbocycles. The zero-order chi connectivity index (χ0) is 9.90. The topological polar surface area (TPSA) is 34.2 Å². The van der Waals surface area contributed by atoms with Crippen molar-refractivity contribution in [2.75, 3.05) is 12.4 Å². The largest absolute Gasteiger partial charge is 0.370 e. The quantitative estimate of drug-likeness (QED) is 0.814. The van der Waals surface area contributed by atoms with Crippen molar-refractivity contribution < 1.29 is 4.74 Å². The van der Waals surface area contributed by atoms with E-state index in [9.17, 15) is 0 Å². The Kier molecular flexibility index (Phi) is 3.27. The van der Waals surface area contributed by atoms with E-state index in [0.717, 1.165) is 10.8 Å². The molecule has 0 saturated heterocycles. The molecule has 0 fully saturated rings. The minimum atomic E-state index is -0.0938. The molecule has 0 saturated carbocycles. The average molecular weight is 200 g/mol. The Morgan fingerprint density at radius 3 is 2.69 bits per heavy atom. The van der Waals surface area contributed by atoms with E-state index in [1.54, 1.807) is 11.3 Å². The van der Waals surface area contributed by atoms with Crippen LogP contribution in [0.15, 0.2) is 5.38 Å². The predicted octanol–water partition coefficient (Wildman–Crippen LogP) is 2.50. The maximum atomic E-state index is 5.59. The summed E-state index contributed by atoms with van der Waals surface area (Å²) in [6.45, 7) is 6.71. The van der Waals surface area contributed by atoms with Crippen LogP contribution in [0.3, 0.4) is 0 Å². The van der Waals surface area contributed by atoms with Crippen LogP contribution < -0.4 is 5.32 Å². The number of aromatic nitrogens is 1. The van der Waals surface area contributed by atoms with Crippen LogP contribution in [0.4, 0.5) is 5.13 Å². The summed E-state index contributed by atoms with van der Waals surface area (Å²) in [5, 5.41) is 5.95. The van der Waals surface area contributed by atoms with Crippen molar-refractivity contribution in [3.05, 3.63) is 11.1 Å². The fraction of sp³-hybridized carbons (Fsp3) is 0.667. The van der Waals surface area contributed by atoms with Crippen molar-refractivity contribution >= 4 is 16.5 Å². The third-order valence-electron chi connectivity index (χ3n) is 1.42. The van der Waals surface area contributed by atoms with Crippen molar-refractivity contribution in [3.8, 4) is 0 Å². The molecule has 74 valence electrons. The molecule has 0 spiro atoms. The van der Waals surface area contributed by atoms with Gasteiger partial charge in [-0.05, 0) is 20.8 Å². The predicted molar refractivity (Wildman–Crippen MR) is 56.2 cm³/mol. The molecule has 0 radical (unpaired) electrons. The second-order valence-electron chi connectivity index (χ2n) is 3.80. The first-order chi connectivity index (χ1) is 6.01. The summed E-state index contributed by atoms with van der Waals surface area (Å²) in [6, 6.07) is 0. The lowest BCUT2D eigenvalue weighted by Gasteiger charge is -2.18. The Labute approximate surface area is 83.1 Å². The molecular formula is C9H16N2OS. The molecule has 1 N–H and O–H groups in total. The summed E-state index contributed by atoms with van der Waals surface area (Å²) in [4.78, 5) is 4.31. The van der Waals surface area contributed by atoms with Crippen molar-refractivity contribution in [2.45, 2.75) is 33.0 Å². The molecule has 1 aromatic heterocycles. The van der Waals surface area contributed by atoms with Gasteiger partial charge in [0.05, 0.1) is 17.9 Å². The number of rotatable bonds is 3. The minimum absolute atomic E-state index is 0.0938. The van der Waals surface area contributed by atoms with E-state index >= 15 is 0 Å². The van der Waals surface area contributed by atoms with Crippen LogP contribution in [0.25, 0.3) is 0 Å². The van der Waals surface area contributed by atoms with Gasteiger partial charge in [-0.15, -0.1) is 11.3 Å². The molecular weight excluding hydrogens is 184 g/mol. The van der Waals surface area contributed by atoms with E-state index in [-0.39, 0.29) is 5.60 Å². The fourth-order valence-corrected chi connectivity index (χ4v) is 1.43. The van der Waals surface area contributed by atoms with Gasteiger partial charge in [-0.1, -0.05) is 0 Å². The molecule has 3 nitrogen and oxygen atoms in total. The zero-order valence-corrected chi connectivity index (χ0v) is 9.36. The van der Waals surface area contributed by atoms with Crippen LogP contribution >= 0.6 is 11.3 Å². The van der Waals surface area contributed by atoms with E-state index in [4.69, 9.17) is 4.74 Å². The van der Waals surface area contributed by atoms with Gasteiger partial charge in [0.2, 0.25) is 0 Å². The lowest BCUT2D eigenvalue weighted by atomic mass is 10.2. The maximum absolute atomic E-state index is 5.59. The molecule has 1 heterocycles. The maximum Gasteiger partial charge on any atom is 0.182 e. The highest BCUT2D eigenvalue weighted by Crippen LogP contribution is 2.17. The molecule has 13 heavy (non-hydrogen) atoms.